The predicted molar refractivity (Wildman–Crippen MR) is 74.8 cm³/mol. The number of carbonyl (C=O) groups excluding carboxylic acids is 1. The largest absolute Gasteiger partial charge is 0.454 e. The molecule has 0 amide bonds. The van der Waals surface area contributed by atoms with E-state index in [-0.39, 0.29) is 12.6 Å². The number of benzene rings is 1. The number of nitrogen functional groups attached to an aromatic ring is 2. The molecule has 7 nitrogen and oxygen atoms in total. The van der Waals surface area contributed by atoms with Gasteiger partial charge in [0, 0.05) is 17.4 Å². The molecule has 0 atom stereocenters. The highest BCUT2D eigenvalue weighted by Crippen LogP contribution is 2.15. The molecule has 0 saturated carbocycles. The maximum absolute atomic E-state index is 11.9. The first-order valence-corrected chi connectivity index (χ1v) is 6.19. The standard InChI is InChI=1S/C13H17N5O2/c1-8(2)18-12(16-7-17-18)6-20-13(19)9-3-10(14)5-11(15)4-9/h3-5,7-8H,6,14-15H2,1-2H3. The number of nitrogens with two attached hydrogens (primary N) is 2. The van der Waals surface area contributed by atoms with E-state index >= 15 is 0 Å². The molecule has 1 aromatic heterocycles. The molecular weight excluding hydrogens is 258 g/mol. The van der Waals surface area contributed by atoms with E-state index in [0.717, 1.165) is 0 Å². The Hall–Kier alpha value is -2.57. The van der Waals surface area contributed by atoms with Crippen LogP contribution in [0.5, 0.6) is 0 Å². The van der Waals surface area contributed by atoms with Gasteiger partial charge >= 0.3 is 5.97 Å². The fraction of sp³-hybridized carbons (Fsp3) is 0.308. The van der Waals surface area contributed by atoms with Gasteiger partial charge in [-0.2, -0.15) is 5.10 Å². The lowest BCUT2D eigenvalue weighted by molar-refractivity contribution is 0.0455. The van der Waals surface area contributed by atoms with Crippen molar-refractivity contribution in [1.29, 1.82) is 0 Å². The Bertz CT molecular complexity index is 601. The average molecular weight is 275 g/mol. The molecule has 0 radical (unpaired) electrons. The quantitative estimate of drug-likeness (QED) is 0.644. The first-order chi connectivity index (χ1) is 9.47. The van der Waals surface area contributed by atoms with Gasteiger partial charge in [-0.15, -0.1) is 0 Å². The molecule has 0 saturated heterocycles. The van der Waals surface area contributed by atoms with Crippen LogP contribution in [-0.4, -0.2) is 20.7 Å². The minimum absolute atomic E-state index is 0.0473. The summed E-state index contributed by atoms with van der Waals surface area (Å²) >= 11 is 0. The van der Waals surface area contributed by atoms with Gasteiger partial charge < -0.3 is 16.2 Å². The maximum atomic E-state index is 11.9. The summed E-state index contributed by atoms with van der Waals surface area (Å²) in [4.78, 5) is 16.0. The summed E-state index contributed by atoms with van der Waals surface area (Å²) in [7, 11) is 0. The van der Waals surface area contributed by atoms with Crippen LogP contribution >= 0.6 is 0 Å². The summed E-state index contributed by atoms with van der Waals surface area (Å²) in [5, 5.41) is 4.07. The summed E-state index contributed by atoms with van der Waals surface area (Å²) < 4.78 is 6.90. The van der Waals surface area contributed by atoms with E-state index in [2.05, 4.69) is 10.1 Å². The van der Waals surface area contributed by atoms with Gasteiger partial charge in [0.05, 0.1) is 5.56 Å². The zero-order valence-electron chi connectivity index (χ0n) is 11.4. The van der Waals surface area contributed by atoms with Crippen molar-refractivity contribution in [1.82, 2.24) is 14.8 Å². The van der Waals surface area contributed by atoms with Crippen molar-refractivity contribution >= 4 is 17.3 Å². The first kappa shape index (κ1) is 13.9. The lowest BCUT2D eigenvalue weighted by atomic mass is 10.2. The van der Waals surface area contributed by atoms with Gasteiger partial charge in [-0.3, -0.25) is 0 Å². The number of anilines is 2. The van der Waals surface area contributed by atoms with Gasteiger partial charge in [0.2, 0.25) is 0 Å². The van der Waals surface area contributed by atoms with Crippen molar-refractivity contribution in [3.63, 3.8) is 0 Å². The van der Waals surface area contributed by atoms with Crippen LogP contribution in [0, 0.1) is 0 Å². The number of ether oxygens (including phenoxy) is 1. The monoisotopic (exact) mass is 275 g/mol. The lowest BCUT2D eigenvalue weighted by Gasteiger charge is -2.10. The van der Waals surface area contributed by atoms with Crippen LogP contribution in [0.4, 0.5) is 11.4 Å². The number of esters is 1. The Morgan fingerprint density at radius 2 is 1.95 bits per heavy atom. The van der Waals surface area contributed by atoms with Crippen molar-refractivity contribution in [2.45, 2.75) is 26.5 Å². The van der Waals surface area contributed by atoms with Crippen LogP contribution in [0.25, 0.3) is 0 Å². The number of hydrogen-bond donors (Lipinski definition) is 2. The number of rotatable bonds is 4. The Balaban J connectivity index is 2.07. The fourth-order valence-corrected chi connectivity index (χ4v) is 1.82. The second kappa shape index (κ2) is 5.60. The van der Waals surface area contributed by atoms with E-state index in [1.807, 2.05) is 13.8 Å². The van der Waals surface area contributed by atoms with Crippen molar-refractivity contribution < 1.29 is 9.53 Å². The third-order valence-electron chi connectivity index (χ3n) is 2.68. The lowest BCUT2D eigenvalue weighted by Crippen LogP contribution is -2.12. The summed E-state index contributed by atoms with van der Waals surface area (Å²) in [6.45, 7) is 3.99. The molecule has 0 bridgehead atoms. The summed E-state index contributed by atoms with van der Waals surface area (Å²) in [5.74, 6) is 0.0903. The van der Waals surface area contributed by atoms with Gasteiger partial charge in [-0.25, -0.2) is 14.5 Å². The number of carbonyl (C=O) groups is 1. The van der Waals surface area contributed by atoms with E-state index in [1.54, 1.807) is 10.7 Å². The SMILES string of the molecule is CC(C)n1ncnc1COC(=O)c1cc(N)cc(N)c1. The molecule has 0 spiro atoms. The van der Waals surface area contributed by atoms with Crippen LogP contribution in [0.1, 0.15) is 36.1 Å². The predicted octanol–water partition coefficient (Wildman–Crippen LogP) is 1.38. The van der Waals surface area contributed by atoms with Crippen molar-refractivity contribution in [2.75, 3.05) is 11.5 Å². The second-order valence-corrected chi connectivity index (χ2v) is 4.68. The molecule has 1 heterocycles. The highest BCUT2D eigenvalue weighted by atomic mass is 16.5. The van der Waals surface area contributed by atoms with E-state index in [4.69, 9.17) is 16.2 Å². The van der Waals surface area contributed by atoms with Crippen LogP contribution in [0.3, 0.4) is 0 Å². The molecule has 2 aromatic rings. The van der Waals surface area contributed by atoms with Crippen molar-refractivity contribution in [2.24, 2.45) is 0 Å². The Morgan fingerprint density at radius 3 is 2.55 bits per heavy atom. The molecule has 2 rings (SSSR count). The highest BCUT2D eigenvalue weighted by Gasteiger charge is 2.13. The molecule has 106 valence electrons. The summed E-state index contributed by atoms with van der Waals surface area (Å²) in [6.07, 6.45) is 1.43. The van der Waals surface area contributed by atoms with E-state index in [1.165, 1.54) is 18.5 Å². The zero-order valence-corrected chi connectivity index (χ0v) is 11.4. The highest BCUT2D eigenvalue weighted by molar-refractivity contribution is 5.91. The minimum Gasteiger partial charge on any atom is -0.454 e. The zero-order chi connectivity index (χ0) is 14.7. The molecule has 4 N–H and O–H groups in total. The molecule has 7 heteroatoms. The van der Waals surface area contributed by atoms with Crippen LogP contribution in [-0.2, 0) is 11.3 Å². The molecule has 0 aliphatic rings. The third kappa shape index (κ3) is 3.05. The van der Waals surface area contributed by atoms with Crippen molar-refractivity contribution in [3.8, 4) is 0 Å². The molecule has 0 aliphatic heterocycles. The smallest absolute Gasteiger partial charge is 0.338 e. The topological polar surface area (TPSA) is 109 Å². The molecule has 0 fully saturated rings. The fourth-order valence-electron chi connectivity index (χ4n) is 1.82. The van der Waals surface area contributed by atoms with Crippen LogP contribution in [0.15, 0.2) is 24.5 Å². The Labute approximate surface area is 116 Å². The maximum Gasteiger partial charge on any atom is 0.338 e. The van der Waals surface area contributed by atoms with Gasteiger partial charge in [-0.05, 0) is 32.0 Å². The van der Waals surface area contributed by atoms with E-state index in [9.17, 15) is 4.79 Å². The Morgan fingerprint density at radius 1 is 1.30 bits per heavy atom. The molecule has 20 heavy (non-hydrogen) atoms. The number of nitrogens with zero attached hydrogens (tertiary/aromatic N) is 3. The normalized spacial score (nSPS) is 10.8. The molecule has 0 unspecified atom stereocenters. The molecule has 1 aromatic carbocycles. The molecule has 0 aliphatic carbocycles. The number of aromatic nitrogens is 3. The van der Waals surface area contributed by atoms with Crippen LogP contribution < -0.4 is 11.5 Å². The van der Waals surface area contributed by atoms with Crippen LogP contribution in [0.2, 0.25) is 0 Å². The minimum atomic E-state index is -0.498. The van der Waals surface area contributed by atoms with E-state index < -0.39 is 5.97 Å². The summed E-state index contributed by atoms with van der Waals surface area (Å²) in [5.41, 5.74) is 12.4. The van der Waals surface area contributed by atoms with Crippen molar-refractivity contribution in [3.05, 3.63) is 35.9 Å². The van der Waals surface area contributed by atoms with E-state index in [0.29, 0.717) is 22.8 Å². The average Bonchev–Trinajstić information content (AvgIpc) is 2.83. The van der Waals surface area contributed by atoms with Gasteiger partial charge in [-0.1, -0.05) is 0 Å². The Kier molecular flexibility index (Phi) is 3.88. The van der Waals surface area contributed by atoms with Gasteiger partial charge in [0.1, 0.15) is 6.33 Å². The summed E-state index contributed by atoms with van der Waals surface area (Å²) in [6, 6.07) is 4.76. The van der Waals surface area contributed by atoms with Gasteiger partial charge in [0.25, 0.3) is 0 Å². The van der Waals surface area contributed by atoms with Gasteiger partial charge in [0.15, 0.2) is 12.4 Å². The molecular formula is C13H17N5O2. The first-order valence-electron chi connectivity index (χ1n) is 6.19. The second-order valence-electron chi connectivity index (χ2n) is 4.68. The third-order valence-corrected chi connectivity index (χ3v) is 2.68. The number of hydrogen-bond acceptors (Lipinski definition) is 6.